The van der Waals surface area contributed by atoms with E-state index < -0.39 is 0 Å². The fraction of sp³-hybridized carbons (Fsp3) is 0.438. The van der Waals surface area contributed by atoms with Crippen molar-refractivity contribution in [1.82, 2.24) is 9.88 Å². The van der Waals surface area contributed by atoms with Crippen molar-refractivity contribution >= 4 is 22.5 Å². The van der Waals surface area contributed by atoms with E-state index >= 15 is 0 Å². The van der Waals surface area contributed by atoms with E-state index in [1.54, 1.807) is 0 Å². The van der Waals surface area contributed by atoms with Crippen molar-refractivity contribution in [3.63, 3.8) is 0 Å². The van der Waals surface area contributed by atoms with Gasteiger partial charge in [0.05, 0.1) is 12.1 Å². The number of rotatable bonds is 5. The summed E-state index contributed by atoms with van der Waals surface area (Å²) in [4.78, 5) is 6.80. The standard InChI is InChI=1S/C16H19ClN2O/c1-11-2-3-12-9-13(16(17)18-15(12)8-11)10-19(6-7-20)14-4-5-14/h2-3,8-9,14,20H,4-7,10H2,1H3. The summed E-state index contributed by atoms with van der Waals surface area (Å²) >= 11 is 6.32. The Morgan fingerprint density at radius 2 is 2.15 bits per heavy atom. The lowest BCUT2D eigenvalue weighted by atomic mass is 10.1. The predicted octanol–water partition coefficient (Wildman–Crippen LogP) is 3.15. The van der Waals surface area contributed by atoms with Crippen LogP contribution in [0.25, 0.3) is 10.9 Å². The lowest BCUT2D eigenvalue weighted by Crippen LogP contribution is -2.28. The third-order valence-corrected chi connectivity index (χ3v) is 4.15. The van der Waals surface area contributed by atoms with E-state index in [0.717, 1.165) is 23.0 Å². The molecule has 0 bridgehead atoms. The number of hydrogen-bond acceptors (Lipinski definition) is 3. The van der Waals surface area contributed by atoms with Gasteiger partial charge in [0.25, 0.3) is 0 Å². The molecule has 0 atom stereocenters. The molecule has 1 aliphatic carbocycles. The minimum atomic E-state index is 0.189. The Balaban J connectivity index is 1.90. The summed E-state index contributed by atoms with van der Waals surface area (Å²) in [6.45, 7) is 3.71. The first kappa shape index (κ1) is 13.8. The fourth-order valence-electron chi connectivity index (χ4n) is 2.59. The lowest BCUT2D eigenvalue weighted by molar-refractivity contribution is 0.183. The van der Waals surface area contributed by atoms with Crippen molar-refractivity contribution in [2.75, 3.05) is 13.2 Å². The van der Waals surface area contributed by atoms with Gasteiger partial charge in [0.1, 0.15) is 5.15 Å². The highest BCUT2D eigenvalue weighted by atomic mass is 35.5. The zero-order valence-corrected chi connectivity index (χ0v) is 12.4. The molecule has 0 spiro atoms. The molecule has 3 nitrogen and oxygen atoms in total. The first-order valence-electron chi connectivity index (χ1n) is 7.08. The molecular formula is C16H19ClN2O. The maximum Gasteiger partial charge on any atom is 0.134 e. The molecule has 0 radical (unpaired) electrons. The molecule has 1 saturated carbocycles. The molecule has 1 heterocycles. The molecule has 1 fully saturated rings. The van der Waals surface area contributed by atoms with E-state index in [-0.39, 0.29) is 6.61 Å². The van der Waals surface area contributed by atoms with Gasteiger partial charge in [-0.3, -0.25) is 4.90 Å². The third kappa shape index (κ3) is 2.95. The Morgan fingerprint density at radius 1 is 1.35 bits per heavy atom. The van der Waals surface area contributed by atoms with E-state index in [0.29, 0.717) is 17.7 Å². The van der Waals surface area contributed by atoms with E-state index in [9.17, 15) is 5.11 Å². The average molecular weight is 291 g/mol. The van der Waals surface area contributed by atoms with Gasteiger partial charge in [-0.1, -0.05) is 23.7 Å². The van der Waals surface area contributed by atoms with Gasteiger partial charge in [-0.25, -0.2) is 4.98 Å². The molecular weight excluding hydrogens is 272 g/mol. The number of halogens is 1. The van der Waals surface area contributed by atoms with Crippen molar-refractivity contribution in [2.24, 2.45) is 0 Å². The van der Waals surface area contributed by atoms with Gasteiger partial charge in [0, 0.05) is 30.1 Å². The second-order valence-electron chi connectivity index (χ2n) is 5.56. The molecule has 4 heteroatoms. The maximum atomic E-state index is 9.17. The van der Waals surface area contributed by atoms with Crippen molar-refractivity contribution in [2.45, 2.75) is 32.4 Å². The van der Waals surface area contributed by atoms with Crippen LogP contribution in [0.3, 0.4) is 0 Å². The summed E-state index contributed by atoms with van der Waals surface area (Å²) in [6, 6.07) is 8.96. The summed E-state index contributed by atoms with van der Waals surface area (Å²) in [5.74, 6) is 0. The first-order valence-corrected chi connectivity index (χ1v) is 7.46. The molecule has 1 aliphatic rings. The van der Waals surface area contributed by atoms with Gasteiger partial charge in [0.15, 0.2) is 0 Å². The molecule has 2 aromatic rings. The number of fused-ring (bicyclic) bond motifs is 1. The fourth-order valence-corrected chi connectivity index (χ4v) is 2.79. The van der Waals surface area contributed by atoms with E-state index in [4.69, 9.17) is 11.6 Å². The minimum absolute atomic E-state index is 0.189. The van der Waals surface area contributed by atoms with E-state index in [2.05, 4.69) is 41.1 Å². The lowest BCUT2D eigenvalue weighted by Gasteiger charge is -2.21. The highest BCUT2D eigenvalue weighted by Crippen LogP contribution is 2.30. The Kier molecular flexibility index (Phi) is 3.92. The predicted molar refractivity (Wildman–Crippen MR) is 82.0 cm³/mol. The van der Waals surface area contributed by atoms with Crippen LogP contribution in [0.4, 0.5) is 0 Å². The molecule has 3 rings (SSSR count). The van der Waals surface area contributed by atoms with Gasteiger partial charge in [-0.05, 0) is 37.5 Å². The van der Waals surface area contributed by atoms with Crippen molar-refractivity contribution in [3.8, 4) is 0 Å². The summed E-state index contributed by atoms with van der Waals surface area (Å²) < 4.78 is 0. The molecule has 20 heavy (non-hydrogen) atoms. The molecule has 1 aromatic heterocycles. The SMILES string of the molecule is Cc1ccc2cc(CN(CCO)C3CC3)c(Cl)nc2c1. The number of hydrogen-bond donors (Lipinski definition) is 1. The molecule has 0 unspecified atom stereocenters. The molecule has 0 aliphatic heterocycles. The van der Waals surface area contributed by atoms with E-state index in [1.165, 1.54) is 18.4 Å². The van der Waals surface area contributed by atoms with Crippen LogP contribution in [0.2, 0.25) is 5.15 Å². The van der Waals surface area contributed by atoms with Crippen LogP contribution in [0.1, 0.15) is 24.0 Å². The number of benzene rings is 1. The molecule has 106 valence electrons. The second-order valence-corrected chi connectivity index (χ2v) is 5.92. The van der Waals surface area contributed by atoms with Crippen LogP contribution in [0.5, 0.6) is 0 Å². The highest BCUT2D eigenvalue weighted by molar-refractivity contribution is 6.30. The topological polar surface area (TPSA) is 36.4 Å². The number of nitrogens with zero attached hydrogens (tertiary/aromatic N) is 2. The largest absolute Gasteiger partial charge is 0.395 e. The maximum absolute atomic E-state index is 9.17. The minimum Gasteiger partial charge on any atom is -0.395 e. The van der Waals surface area contributed by atoms with Gasteiger partial charge in [0.2, 0.25) is 0 Å². The number of aryl methyl sites for hydroxylation is 1. The van der Waals surface area contributed by atoms with Crippen LogP contribution in [-0.2, 0) is 6.54 Å². The van der Waals surface area contributed by atoms with Gasteiger partial charge in [-0.2, -0.15) is 0 Å². The van der Waals surface area contributed by atoms with Gasteiger partial charge >= 0.3 is 0 Å². The van der Waals surface area contributed by atoms with Crippen LogP contribution in [0, 0.1) is 6.92 Å². The highest BCUT2D eigenvalue weighted by Gasteiger charge is 2.29. The smallest absolute Gasteiger partial charge is 0.134 e. The Bertz CT molecular complexity index is 625. The Labute approximate surface area is 124 Å². The zero-order chi connectivity index (χ0) is 14.1. The monoisotopic (exact) mass is 290 g/mol. The van der Waals surface area contributed by atoms with Crippen LogP contribution in [0.15, 0.2) is 24.3 Å². The normalized spacial score (nSPS) is 15.2. The van der Waals surface area contributed by atoms with Gasteiger partial charge < -0.3 is 5.11 Å². The zero-order valence-electron chi connectivity index (χ0n) is 11.6. The van der Waals surface area contributed by atoms with Crippen molar-refractivity contribution < 1.29 is 5.11 Å². The second kappa shape index (κ2) is 5.68. The average Bonchev–Trinajstić information content (AvgIpc) is 3.23. The third-order valence-electron chi connectivity index (χ3n) is 3.82. The summed E-state index contributed by atoms with van der Waals surface area (Å²) in [6.07, 6.45) is 2.44. The quantitative estimate of drug-likeness (QED) is 0.860. The van der Waals surface area contributed by atoms with E-state index in [1.807, 2.05) is 0 Å². The van der Waals surface area contributed by atoms with Crippen LogP contribution < -0.4 is 0 Å². The van der Waals surface area contributed by atoms with Crippen LogP contribution in [-0.4, -0.2) is 34.2 Å². The number of aromatic nitrogens is 1. The molecule has 1 aromatic carbocycles. The Morgan fingerprint density at radius 3 is 2.85 bits per heavy atom. The summed E-state index contributed by atoms with van der Waals surface area (Å²) in [5, 5.41) is 10.9. The first-order chi connectivity index (χ1) is 9.67. The summed E-state index contributed by atoms with van der Waals surface area (Å²) in [5.41, 5.74) is 3.18. The number of pyridine rings is 1. The van der Waals surface area contributed by atoms with Crippen molar-refractivity contribution in [1.29, 1.82) is 0 Å². The number of aliphatic hydroxyl groups excluding tert-OH is 1. The van der Waals surface area contributed by atoms with Crippen molar-refractivity contribution in [3.05, 3.63) is 40.5 Å². The molecule has 0 saturated heterocycles. The molecule has 0 amide bonds. The summed E-state index contributed by atoms with van der Waals surface area (Å²) in [7, 11) is 0. The van der Waals surface area contributed by atoms with Crippen LogP contribution >= 0.6 is 11.6 Å². The Hall–Kier alpha value is -1.16. The van der Waals surface area contributed by atoms with Gasteiger partial charge in [-0.15, -0.1) is 0 Å². The molecule has 1 N–H and O–H groups in total. The number of aliphatic hydroxyl groups is 1.